The predicted octanol–water partition coefficient (Wildman–Crippen LogP) is 3.81. The lowest BCUT2D eigenvalue weighted by Gasteiger charge is -2.28. The van der Waals surface area contributed by atoms with Crippen LogP contribution in [0.3, 0.4) is 0 Å². The van der Waals surface area contributed by atoms with Crippen LogP contribution in [-0.4, -0.2) is 11.0 Å². The topological polar surface area (TPSA) is 50.9 Å². The highest BCUT2D eigenvalue weighted by atomic mass is 14.9. The van der Waals surface area contributed by atoms with Crippen LogP contribution in [0.1, 0.15) is 32.6 Å². The van der Waals surface area contributed by atoms with Crippen molar-refractivity contribution in [3.63, 3.8) is 0 Å². The summed E-state index contributed by atoms with van der Waals surface area (Å²) in [7, 11) is 0. The van der Waals surface area contributed by atoms with Gasteiger partial charge in [0, 0.05) is 40.6 Å². The summed E-state index contributed by atoms with van der Waals surface area (Å²) in [6.07, 6.45) is 8.89. The first-order valence-electron chi connectivity index (χ1n) is 7.13. The molecule has 2 aromatic rings. The van der Waals surface area contributed by atoms with E-state index in [9.17, 15) is 0 Å². The van der Waals surface area contributed by atoms with E-state index in [-0.39, 0.29) is 0 Å². The molecule has 2 atom stereocenters. The molecule has 1 aliphatic rings. The average Bonchev–Trinajstić information content (AvgIpc) is 2.42. The summed E-state index contributed by atoms with van der Waals surface area (Å²) < 4.78 is 0. The number of benzene rings is 1. The number of pyridine rings is 1. The first-order chi connectivity index (χ1) is 9.24. The van der Waals surface area contributed by atoms with Gasteiger partial charge in [0.1, 0.15) is 0 Å². The predicted molar refractivity (Wildman–Crippen MR) is 81.2 cm³/mol. The molecule has 0 aliphatic heterocycles. The van der Waals surface area contributed by atoms with Gasteiger partial charge in [0.25, 0.3) is 0 Å². The van der Waals surface area contributed by atoms with Crippen LogP contribution in [0.5, 0.6) is 0 Å². The van der Waals surface area contributed by atoms with Crippen molar-refractivity contribution in [3.8, 4) is 0 Å². The maximum absolute atomic E-state index is 6.01. The fraction of sp³-hybridized carbons (Fsp3) is 0.438. The van der Waals surface area contributed by atoms with Crippen molar-refractivity contribution < 1.29 is 0 Å². The van der Waals surface area contributed by atoms with Crippen molar-refractivity contribution in [2.45, 2.75) is 38.6 Å². The number of fused-ring (bicyclic) bond motifs is 1. The summed E-state index contributed by atoms with van der Waals surface area (Å²) in [5.41, 5.74) is 8.00. The molecule has 2 unspecified atom stereocenters. The van der Waals surface area contributed by atoms with Crippen LogP contribution < -0.4 is 11.1 Å². The Hall–Kier alpha value is -1.77. The number of aromatic nitrogens is 1. The Morgan fingerprint density at radius 1 is 1.21 bits per heavy atom. The van der Waals surface area contributed by atoms with Gasteiger partial charge in [-0.2, -0.15) is 0 Å². The number of nitrogen functional groups attached to an aromatic ring is 1. The maximum atomic E-state index is 6.01. The quantitative estimate of drug-likeness (QED) is 0.802. The zero-order valence-corrected chi connectivity index (χ0v) is 11.4. The molecule has 1 aromatic heterocycles. The summed E-state index contributed by atoms with van der Waals surface area (Å²) in [6, 6.07) is 6.69. The van der Waals surface area contributed by atoms with Crippen molar-refractivity contribution in [1.29, 1.82) is 0 Å². The van der Waals surface area contributed by atoms with E-state index < -0.39 is 0 Å². The number of hydrogen-bond acceptors (Lipinski definition) is 3. The molecule has 3 nitrogen and oxygen atoms in total. The summed E-state index contributed by atoms with van der Waals surface area (Å²) in [5.74, 6) is 0.827. The van der Waals surface area contributed by atoms with Crippen molar-refractivity contribution in [2.75, 3.05) is 11.1 Å². The molecule has 100 valence electrons. The number of anilines is 2. The Balaban J connectivity index is 1.90. The molecule has 3 rings (SSSR count). The smallest absolute Gasteiger partial charge is 0.0424 e. The molecule has 0 bridgehead atoms. The number of nitrogens with zero attached hydrogens (tertiary/aromatic N) is 1. The zero-order chi connectivity index (χ0) is 13.2. The van der Waals surface area contributed by atoms with Crippen LogP contribution in [0.25, 0.3) is 10.8 Å². The number of hydrogen-bond donors (Lipinski definition) is 2. The first-order valence-corrected chi connectivity index (χ1v) is 7.13. The Labute approximate surface area is 114 Å². The van der Waals surface area contributed by atoms with Gasteiger partial charge in [-0.15, -0.1) is 0 Å². The van der Waals surface area contributed by atoms with Crippen molar-refractivity contribution in [2.24, 2.45) is 5.92 Å². The van der Waals surface area contributed by atoms with Crippen LogP contribution in [-0.2, 0) is 0 Å². The number of nitrogens with one attached hydrogen (secondary N) is 1. The van der Waals surface area contributed by atoms with E-state index in [2.05, 4.69) is 23.3 Å². The lowest BCUT2D eigenvalue weighted by Crippen LogP contribution is -2.26. The van der Waals surface area contributed by atoms with Crippen LogP contribution >= 0.6 is 0 Å². The van der Waals surface area contributed by atoms with Crippen LogP contribution in [0, 0.1) is 5.92 Å². The third-order valence-electron chi connectivity index (χ3n) is 4.15. The third kappa shape index (κ3) is 2.50. The van der Waals surface area contributed by atoms with Crippen LogP contribution in [0.15, 0.2) is 30.6 Å². The van der Waals surface area contributed by atoms with Gasteiger partial charge < -0.3 is 11.1 Å². The second-order valence-corrected chi connectivity index (χ2v) is 5.74. The molecular weight excluding hydrogens is 234 g/mol. The zero-order valence-electron chi connectivity index (χ0n) is 11.4. The molecule has 3 heteroatoms. The minimum Gasteiger partial charge on any atom is -0.398 e. The molecule has 0 saturated heterocycles. The normalized spacial score (nSPS) is 23.4. The highest BCUT2D eigenvalue weighted by molar-refractivity contribution is 6.00. The number of nitrogens with two attached hydrogens (primary N) is 1. The molecule has 0 spiro atoms. The molecule has 1 saturated carbocycles. The molecule has 1 heterocycles. The van der Waals surface area contributed by atoms with E-state index in [1.807, 2.05) is 24.5 Å². The summed E-state index contributed by atoms with van der Waals surface area (Å²) in [4.78, 5) is 4.17. The molecule has 3 N–H and O–H groups in total. The molecule has 1 aliphatic carbocycles. The third-order valence-corrected chi connectivity index (χ3v) is 4.15. The average molecular weight is 255 g/mol. The van der Waals surface area contributed by atoms with Gasteiger partial charge in [-0.3, -0.25) is 4.98 Å². The fourth-order valence-corrected chi connectivity index (χ4v) is 3.12. The second-order valence-electron chi connectivity index (χ2n) is 5.74. The van der Waals surface area contributed by atoms with Crippen molar-refractivity contribution >= 4 is 22.1 Å². The summed E-state index contributed by atoms with van der Waals surface area (Å²) in [6.45, 7) is 2.35. The fourth-order valence-electron chi connectivity index (χ4n) is 3.12. The van der Waals surface area contributed by atoms with E-state index in [1.54, 1.807) is 0 Å². The lowest BCUT2D eigenvalue weighted by molar-refractivity contribution is 0.359. The van der Waals surface area contributed by atoms with Gasteiger partial charge in [-0.05, 0) is 37.0 Å². The Morgan fingerprint density at radius 3 is 2.95 bits per heavy atom. The minimum atomic E-state index is 0.587. The van der Waals surface area contributed by atoms with Crippen LogP contribution in [0.2, 0.25) is 0 Å². The Kier molecular flexibility index (Phi) is 3.28. The number of rotatable bonds is 2. The molecule has 19 heavy (non-hydrogen) atoms. The minimum absolute atomic E-state index is 0.587. The van der Waals surface area contributed by atoms with Crippen molar-refractivity contribution in [1.82, 2.24) is 4.98 Å². The second kappa shape index (κ2) is 5.08. The molecule has 1 aromatic carbocycles. The summed E-state index contributed by atoms with van der Waals surface area (Å²) in [5, 5.41) is 5.91. The molecular formula is C16H21N3. The Bertz CT molecular complexity index is 579. The van der Waals surface area contributed by atoms with Gasteiger partial charge in [-0.1, -0.05) is 19.8 Å². The van der Waals surface area contributed by atoms with E-state index in [0.717, 1.165) is 17.0 Å². The van der Waals surface area contributed by atoms with Gasteiger partial charge >= 0.3 is 0 Å². The van der Waals surface area contributed by atoms with Crippen molar-refractivity contribution in [3.05, 3.63) is 30.6 Å². The van der Waals surface area contributed by atoms with E-state index in [1.165, 1.54) is 36.8 Å². The first kappa shape index (κ1) is 12.3. The van der Waals surface area contributed by atoms with Gasteiger partial charge in [0.15, 0.2) is 0 Å². The highest BCUT2D eigenvalue weighted by Crippen LogP contribution is 2.31. The molecule has 0 amide bonds. The van der Waals surface area contributed by atoms with Gasteiger partial charge in [0.2, 0.25) is 0 Å². The van der Waals surface area contributed by atoms with E-state index in [0.29, 0.717) is 6.04 Å². The van der Waals surface area contributed by atoms with E-state index >= 15 is 0 Å². The largest absolute Gasteiger partial charge is 0.398 e. The molecule has 0 radical (unpaired) electrons. The van der Waals surface area contributed by atoms with Crippen LogP contribution in [0.4, 0.5) is 11.4 Å². The van der Waals surface area contributed by atoms with E-state index in [4.69, 9.17) is 5.73 Å². The molecule has 1 fully saturated rings. The SMILES string of the molecule is CC1CCCC(Nc2ccc(N)c3cnccc23)C1. The Morgan fingerprint density at radius 2 is 2.11 bits per heavy atom. The highest BCUT2D eigenvalue weighted by Gasteiger charge is 2.19. The lowest BCUT2D eigenvalue weighted by atomic mass is 9.87. The maximum Gasteiger partial charge on any atom is 0.0424 e. The standard InChI is InChI=1S/C16H21N3/c1-11-3-2-4-12(9-11)19-16-6-5-15(17)14-10-18-8-7-13(14)16/h5-8,10-12,19H,2-4,9,17H2,1H3. The van der Waals surface area contributed by atoms with Gasteiger partial charge in [-0.25, -0.2) is 0 Å². The summed E-state index contributed by atoms with van der Waals surface area (Å²) >= 11 is 0. The monoisotopic (exact) mass is 255 g/mol. The van der Waals surface area contributed by atoms with Gasteiger partial charge in [0.05, 0.1) is 0 Å².